The highest BCUT2D eigenvalue weighted by Gasteiger charge is 2.06. The number of carbonyl (C=O) groups excluding carboxylic acids is 1. The molecule has 0 saturated heterocycles. The summed E-state index contributed by atoms with van der Waals surface area (Å²) in [4.78, 5) is 11.7. The van der Waals surface area contributed by atoms with E-state index in [1.807, 2.05) is 0 Å². The van der Waals surface area contributed by atoms with Gasteiger partial charge in [-0.15, -0.1) is 0 Å². The van der Waals surface area contributed by atoms with Crippen LogP contribution in [0.5, 0.6) is 11.5 Å². The number of benzene rings is 2. The van der Waals surface area contributed by atoms with E-state index in [-0.39, 0.29) is 23.8 Å². The monoisotopic (exact) mass is 257 g/mol. The Kier molecular flexibility index (Phi) is 4.03. The molecule has 0 unspecified atom stereocenters. The van der Waals surface area contributed by atoms with Crippen molar-refractivity contribution in [3.05, 3.63) is 59.7 Å². The highest BCUT2D eigenvalue weighted by atomic mass is 16.3. The molecule has 0 atom stereocenters. The third-order valence-corrected chi connectivity index (χ3v) is 2.77. The average molecular weight is 257 g/mol. The molecule has 0 radical (unpaired) electrons. The van der Waals surface area contributed by atoms with E-state index in [0.717, 1.165) is 5.56 Å². The lowest BCUT2D eigenvalue weighted by Gasteiger charge is -2.07. The largest absolute Gasteiger partial charge is 0.508 e. The molecule has 4 heteroatoms. The fourth-order valence-electron chi connectivity index (χ4n) is 1.71. The van der Waals surface area contributed by atoms with E-state index in [0.29, 0.717) is 12.1 Å². The second-order valence-electron chi connectivity index (χ2n) is 4.25. The Balaban J connectivity index is 1.88. The average Bonchev–Trinajstić information content (AvgIpc) is 2.41. The highest BCUT2D eigenvalue weighted by molar-refractivity contribution is 5.79. The van der Waals surface area contributed by atoms with Crippen molar-refractivity contribution in [1.82, 2.24) is 5.32 Å². The van der Waals surface area contributed by atoms with Gasteiger partial charge < -0.3 is 15.5 Å². The van der Waals surface area contributed by atoms with Crippen LogP contribution in [0.25, 0.3) is 0 Å². The van der Waals surface area contributed by atoms with Gasteiger partial charge in [-0.05, 0) is 23.8 Å². The fourth-order valence-corrected chi connectivity index (χ4v) is 1.71. The summed E-state index contributed by atoms with van der Waals surface area (Å²) in [6.07, 6.45) is 0.144. The van der Waals surface area contributed by atoms with Gasteiger partial charge in [0.2, 0.25) is 5.91 Å². The van der Waals surface area contributed by atoms with Gasteiger partial charge in [-0.1, -0.05) is 30.3 Å². The fraction of sp³-hybridized carbons (Fsp3) is 0.133. The quantitative estimate of drug-likeness (QED) is 0.784. The van der Waals surface area contributed by atoms with Crippen molar-refractivity contribution in [1.29, 1.82) is 0 Å². The summed E-state index contributed by atoms with van der Waals surface area (Å²) in [5.41, 5.74) is 1.51. The molecule has 0 fully saturated rings. The molecule has 0 aromatic heterocycles. The van der Waals surface area contributed by atoms with Crippen molar-refractivity contribution < 1.29 is 15.0 Å². The van der Waals surface area contributed by atoms with Gasteiger partial charge in [0.25, 0.3) is 0 Å². The van der Waals surface area contributed by atoms with E-state index in [1.54, 1.807) is 48.5 Å². The molecule has 2 rings (SSSR count). The molecular weight excluding hydrogens is 242 g/mol. The second-order valence-corrected chi connectivity index (χ2v) is 4.25. The van der Waals surface area contributed by atoms with Gasteiger partial charge in [0.1, 0.15) is 11.5 Å². The Labute approximate surface area is 111 Å². The molecule has 1 amide bonds. The van der Waals surface area contributed by atoms with Crippen LogP contribution in [0.1, 0.15) is 11.1 Å². The Morgan fingerprint density at radius 3 is 2.37 bits per heavy atom. The van der Waals surface area contributed by atoms with E-state index in [2.05, 4.69) is 5.32 Å². The number of amides is 1. The van der Waals surface area contributed by atoms with Crippen molar-refractivity contribution >= 4 is 5.91 Å². The van der Waals surface area contributed by atoms with Gasteiger partial charge in [0, 0.05) is 12.1 Å². The Bertz CT molecular complexity index is 564. The molecular formula is C15H15NO3. The minimum absolute atomic E-state index is 0.127. The van der Waals surface area contributed by atoms with Crippen molar-refractivity contribution in [2.45, 2.75) is 13.0 Å². The zero-order valence-electron chi connectivity index (χ0n) is 10.3. The van der Waals surface area contributed by atoms with Crippen molar-refractivity contribution in [2.75, 3.05) is 0 Å². The first kappa shape index (κ1) is 13.0. The predicted octanol–water partition coefficient (Wildman–Crippen LogP) is 1.96. The van der Waals surface area contributed by atoms with E-state index in [4.69, 9.17) is 5.11 Å². The van der Waals surface area contributed by atoms with Gasteiger partial charge in [0.05, 0.1) is 6.42 Å². The zero-order valence-corrected chi connectivity index (χ0v) is 10.3. The maximum atomic E-state index is 11.7. The van der Waals surface area contributed by atoms with Crippen LogP contribution in [-0.2, 0) is 17.8 Å². The number of carbonyl (C=O) groups is 1. The molecule has 0 aliphatic carbocycles. The van der Waals surface area contributed by atoms with E-state index in [9.17, 15) is 9.90 Å². The van der Waals surface area contributed by atoms with Gasteiger partial charge in [-0.2, -0.15) is 0 Å². The molecule has 0 aliphatic heterocycles. The van der Waals surface area contributed by atoms with Crippen LogP contribution in [0.3, 0.4) is 0 Å². The number of hydrogen-bond donors (Lipinski definition) is 3. The third-order valence-electron chi connectivity index (χ3n) is 2.77. The lowest BCUT2D eigenvalue weighted by Crippen LogP contribution is -2.24. The highest BCUT2D eigenvalue weighted by Crippen LogP contribution is 2.16. The van der Waals surface area contributed by atoms with Crippen LogP contribution >= 0.6 is 0 Å². The third kappa shape index (κ3) is 3.74. The van der Waals surface area contributed by atoms with E-state index < -0.39 is 0 Å². The number of phenols is 2. The standard InChI is InChI=1S/C15H15NO3/c17-13-7-5-11(6-8-13)10-16-15(19)9-12-3-1-2-4-14(12)18/h1-8,17-18H,9-10H2,(H,16,19). The smallest absolute Gasteiger partial charge is 0.224 e. The number of nitrogens with one attached hydrogen (secondary N) is 1. The Morgan fingerprint density at radius 2 is 1.68 bits per heavy atom. The molecule has 0 bridgehead atoms. The van der Waals surface area contributed by atoms with E-state index >= 15 is 0 Å². The molecule has 0 saturated carbocycles. The predicted molar refractivity (Wildman–Crippen MR) is 71.8 cm³/mol. The summed E-state index contributed by atoms with van der Waals surface area (Å²) >= 11 is 0. The topological polar surface area (TPSA) is 69.6 Å². The molecule has 0 aliphatic rings. The number of hydrogen-bond acceptors (Lipinski definition) is 3. The minimum atomic E-state index is -0.158. The number of aromatic hydroxyl groups is 2. The number of phenolic OH excluding ortho intramolecular Hbond substituents is 2. The van der Waals surface area contributed by atoms with Gasteiger partial charge in [-0.25, -0.2) is 0 Å². The number of rotatable bonds is 4. The van der Waals surface area contributed by atoms with Crippen LogP contribution < -0.4 is 5.32 Å². The van der Waals surface area contributed by atoms with Crippen LogP contribution in [0.15, 0.2) is 48.5 Å². The van der Waals surface area contributed by atoms with Crippen molar-refractivity contribution in [3.63, 3.8) is 0 Å². The SMILES string of the molecule is O=C(Cc1ccccc1O)NCc1ccc(O)cc1. The maximum absolute atomic E-state index is 11.7. The molecule has 19 heavy (non-hydrogen) atoms. The summed E-state index contributed by atoms with van der Waals surface area (Å²) in [6.45, 7) is 0.396. The summed E-state index contributed by atoms with van der Waals surface area (Å²) < 4.78 is 0. The molecule has 4 nitrogen and oxygen atoms in total. The Morgan fingerprint density at radius 1 is 1.00 bits per heavy atom. The first-order chi connectivity index (χ1) is 9.15. The van der Waals surface area contributed by atoms with Gasteiger partial charge >= 0.3 is 0 Å². The minimum Gasteiger partial charge on any atom is -0.508 e. The maximum Gasteiger partial charge on any atom is 0.224 e. The molecule has 98 valence electrons. The second kappa shape index (κ2) is 5.91. The summed E-state index contributed by atoms with van der Waals surface area (Å²) in [7, 11) is 0. The summed E-state index contributed by atoms with van der Waals surface area (Å²) in [5.74, 6) is 0.168. The van der Waals surface area contributed by atoms with Gasteiger partial charge in [-0.3, -0.25) is 4.79 Å². The van der Waals surface area contributed by atoms with Crippen LogP contribution in [0.4, 0.5) is 0 Å². The molecule has 3 N–H and O–H groups in total. The molecule has 0 spiro atoms. The summed E-state index contributed by atoms with van der Waals surface area (Å²) in [5, 5.41) is 21.5. The first-order valence-corrected chi connectivity index (χ1v) is 5.96. The van der Waals surface area contributed by atoms with Crippen LogP contribution in [0.2, 0.25) is 0 Å². The normalized spacial score (nSPS) is 10.1. The molecule has 0 heterocycles. The van der Waals surface area contributed by atoms with Crippen molar-refractivity contribution in [3.8, 4) is 11.5 Å². The van der Waals surface area contributed by atoms with Crippen LogP contribution in [0, 0.1) is 0 Å². The Hall–Kier alpha value is -2.49. The summed E-state index contributed by atoms with van der Waals surface area (Å²) in [6, 6.07) is 13.4. The van der Waals surface area contributed by atoms with Crippen molar-refractivity contribution in [2.24, 2.45) is 0 Å². The lowest BCUT2D eigenvalue weighted by molar-refractivity contribution is -0.120. The van der Waals surface area contributed by atoms with E-state index in [1.165, 1.54) is 0 Å². The lowest BCUT2D eigenvalue weighted by atomic mass is 10.1. The molecule has 2 aromatic carbocycles. The molecule has 2 aromatic rings. The number of para-hydroxylation sites is 1. The first-order valence-electron chi connectivity index (χ1n) is 5.96. The zero-order chi connectivity index (χ0) is 13.7. The van der Waals surface area contributed by atoms with Gasteiger partial charge in [0.15, 0.2) is 0 Å². The van der Waals surface area contributed by atoms with Crippen LogP contribution in [-0.4, -0.2) is 16.1 Å².